The average molecular weight is 465 g/mol. The lowest BCUT2D eigenvalue weighted by molar-refractivity contribution is 0.683. The highest BCUT2D eigenvalue weighted by Gasteiger charge is 2.18. The van der Waals surface area contributed by atoms with Gasteiger partial charge in [-0.15, -0.1) is 0 Å². The van der Waals surface area contributed by atoms with Crippen LogP contribution in [0.1, 0.15) is 28.3 Å². The van der Waals surface area contributed by atoms with Crippen molar-refractivity contribution in [2.75, 3.05) is 7.05 Å². The normalized spacial score (nSPS) is 12.5. The van der Waals surface area contributed by atoms with Gasteiger partial charge in [-0.2, -0.15) is 0 Å². The molecule has 0 aliphatic heterocycles. The predicted octanol–water partition coefficient (Wildman–Crippen LogP) is 5.63. The molecule has 1 atom stereocenters. The number of benzene rings is 2. The molecule has 1 nitrogen and oxygen atoms in total. The zero-order chi connectivity index (χ0) is 14.9. The molecule has 2 aromatic rings. The van der Waals surface area contributed by atoms with Crippen LogP contribution in [0.15, 0.2) is 34.8 Å². The third kappa shape index (κ3) is 3.38. The van der Waals surface area contributed by atoms with Crippen LogP contribution < -0.4 is 5.32 Å². The van der Waals surface area contributed by atoms with E-state index in [0.717, 1.165) is 15.1 Å². The largest absolute Gasteiger partial charge is 0.309 e. The van der Waals surface area contributed by atoms with Crippen molar-refractivity contribution in [2.24, 2.45) is 0 Å². The second-order valence-electron chi connectivity index (χ2n) is 4.85. The first-order chi connectivity index (χ1) is 9.43. The fraction of sp³-hybridized carbons (Fsp3) is 0.250. The quantitative estimate of drug-likeness (QED) is 0.581. The van der Waals surface area contributed by atoms with E-state index < -0.39 is 0 Å². The van der Waals surface area contributed by atoms with Crippen LogP contribution in [-0.4, -0.2) is 7.05 Å². The maximum Gasteiger partial charge on any atom is 0.0588 e. The summed E-state index contributed by atoms with van der Waals surface area (Å²) in [6, 6.07) is 10.8. The molecule has 4 heteroatoms. The lowest BCUT2D eigenvalue weighted by atomic mass is 9.93. The van der Waals surface area contributed by atoms with Gasteiger partial charge in [-0.3, -0.25) is 0 Å². The first-order valence-electron chi connectivity index (χ1n) is 6.33. The van der Waals surface area contributed by atoms with Crippen LogP contribution in [0.4, 0.5) is 0 Å². The molecule has 0 spiro atoms. The number of rotatable bonds is 3. The van der Waals surface area contributed by atoms with E-state index in [4.69, 9.17) is 11.6 Å². The lowest BCUT2D eigenvalue weighted by Gasteiger charge is -2.22. The van der Waals surface area contributed by atoms with Crippen molar-refractivity contribution in [1.29, 1.82) is 0 Å². The fourth-order valence-electron chi connectivity index (χ4n) is 2.33. The molecule has 0 aromatic heterocycles. The summed E-state index contributed by atoms with van der Waals surface area (Å²) in [5.41, 5.74) is 4.81. The molecule has 20 heavy (non-hydrogen) atoms. The SMILES string of the molecule is CNC(c1cc(C)c(Cl)cc1C)c1cc(I)ccc1Br. The first kappa shape index (κ1) is 16.3. The minimum absolute atomic E-state index is 0.148. The Labute approximate surface area is 147 Å². The van der Waals surface area contributed by atoms with Crippen molar-refractivity contribution in [3.63, 3.8) is 0 Å². The van der Waals surface area contributed by atoms with Crippen LogP contribution >= 0.6 is 50.1 Å². The molecule has 1 N–H and O–H groups in total. The van der Waals surface area contributed by atoms with Gasteiger partial charge in [0.25, 0.3) is 0 Å². The van der Waals surface area contributed by atoms with E-state index in [1.54, 1.807) is 0 Å². The van der Waals surface area contributed by atoms with Crippen molar-refractivity contribution in [3.8, 4) is 0 Å². The molecule has 2 rings (SSSR count). The van der Waals surface area contributed by atoms with Crippen LogP contribution in [-0.2, 0) is 0 Å². The molecule has 0 saturated carbocycles. The number of hydrogen-bond acceptors (Lipinski definition) is 1. The minimum atomic E-state index is 0.148. The molecule has 1 unspecified atom stereocenters. The summed E-state index contributed by atoms with van der Waals surface area (Å²) < 4.78 is 2.34. The summed E-state index contributed by atoms with van der Waals surface area (Å²) in [7, 11) is 1.99. The Hall–Kier alpha value is -0.100. The Balaban J connectivity index is 2.58. The van der Waals surface area contributed by atoms with E-state index in [-0.39, 0.29) is 6.04 Å². The highest BCUT2D eigenvalue weighted by Crippen LogP contribution is 2.33. The molecular weight excluding hydrogens is 448 g/mol. The zero-order valence-corrected chi connectivity index (χ0v) is 16.1. The van der Waals surface area contributed by atoms with Gasteiger partial charge in [-0.05, 0) is 90.0 Å². The fourth-order valence-corrected chi connectivity index (χ4v) is 3.54. The lowest BCUT2D eigenvalue weighted by Crippen LogP contribution is -2.19. The van der Waals surface area contributed by atoms with Crippen molar-refractivity contribution in [1.82, 2.24) is 5.32 Å². The molecule has 0 saturated heterocycles. The van der Waals surface area contributed by atoms with E-state index in [1.165, 1.54) is 20.3 Å². The predicted molar refractivity (Wildman–Crippen MR) is 98.7 cm³/mol. The number of nitrogens with one attached hydrogen (secondary N) is 1. The molecule has 0 aliphatic carbocycles. The van der Waals surface area contributed by atoms with Gasteiger partial charge in [-0.1, -0.05) is 33.6 Å². The van der Waals surface area contributed by atoms with Crippen LogP contribution in [0, 0.1) is 17.4 Å². The van der Waals surface area contributed by atoms with E-state index in [1.807, 2.05) is 20.0 Å². The van der Waals surface area contributed by atoms with Crippen LogP contribution in [0.2, 0.25) is 5.02 Å². The van der Waals surface area contributed by atoms with Gasteiger partial charge in [0.15, 0.2) is 0 Å². The molecule has 0 heterocycles. The monoisotopic (exact) mass is 463 g/mol. The number of aryl methyl sites for hydroxylation is 2. The Bertz CT molecular complexity index is 643. The van der Waals surface area contributed by atoms with E-state index in [2.05, 4.69) is 75.0 Å². The summed E-state index contributed by atoms with van der Waals surface area (Å²) in [4.78, 5) is 0. The molecule has 106 valence electrons. The molecule has 0 radical (unpaired) electrons. The van der Waals surface area contributed by atoms with Crippen molar-refractivity contribution in [3.05, 3.63) is 65.7 Å². The third-order valence-corrected chi connectivity index (χ3v) is 5.22. The Kier molecular flexibility index (Phi) is 5.51. The average Bonchev–Trinajstić information content (AvgIpc) is 2.40. The second-order valence-corrected chi connectivity index (χ2v) is 7.35. The molecule has 0 bridgehead atoms. The minimum Gasteiger partial charge on any atom is -0.309 e. The van der Waals surface area contributed by atoms with Crippen LogP contribution in [0.3, 0.4) is 0 Å². The maximum atomic E-state index is 6.21. The second kappa shape index (κ2) is 6.77. The maximum absolute atomic E-state index is 6.21. The van der Waals surface area contributed by atoms with Crippen molar-refractivity contribution < 1.29 is 0 Å². The summed E-state index contributed by atoms with van der Waals surface area (Å²) >= 11 is 12.2. The Morgan fingerprint density at radius 3 is 2.45 bits per heavy atom. The van der Waals surface area contributed by atoms with E-state index >= 15 is 0 Å². The number of halogens is 3. The van der Waals surface area contributed by atoms with Crippen molar-refractivity contribution >= 4 is 50.1 Å². The molecule has 0 aliphatic rings. The van der Waals surface area contributed by atoms with Gasteiger partial charge in [-0.25, -0.2) is 0 Å². The molecular formula is C16H16BrClIN. The summed E-state index contributed by atoms with van der Waals surface area (Å²) in [6.07, 6.45) is 0. The van der Waals surface area contributed by atoms with E-state index in [9.17, 15) is 0 Å². The highest BCUT2D eigenvalue weighted by atomic mass is 127. The van der Waals surface area contributed by atoms with Gasteiger partial charge in [0, 0.05) is 13.1 Å². The van der Waals surface area contributed by atoms with Gasteiger partial charge < -0.3 is 5.32 Å². The third-order valence-electron chi connectivity index (χ3n) is 3.42. The molecule has 0 fully saturated rings. The van der Waals surface area contributed by atoms with Gasteiger partial charge in [0.05, 0.1) is 6.04 Å². The summed E-state index contributed by atoms with van der Waals surface area (Å²) in [6.45, 7) is 4.15. The van der Waals surface area contributed by atoms with E-state index in [0.29, 0.717) is 0 Å². The number of hydrogen-bond donors (Lipinski definition) is 1. The summed E-state index contributed by atoms with van der Waals surface area (Å²) in [5.74, 6) is 0. The smallest absolute Gasteiger partial charge is 0.0588 e. The van der Waals surface area contributed by atoms with Gasteiger partial charge in [0.1, 0.15) is 0 Å². The Morgan fingerprint density at radius 1 is 1.10 bits per heavy atom. The molecule has 0 amide bonds. The standard InChI is InChI=1S/C16H16BrClIN/c1-9-7-15(18)10(2)6-12(9)16(20-3)13-8-11(19)4-5-14(13)17/h4-8,16,20H,1-3H3. The first-order valence-corrected chi connectivity index (χ1v) is 8.58. The summed E-state index contributed by atoms with van der Waals surface area (Å²) in [5, 5.41) is 4.24. The van der Waals surface area contributed by atoms with Gasteiger partial charge >= 0.3 is 0 Å². The topological polar surface area (TPSA) is 12.0 Å². The molecule has 2 aromatic carbocycles. The van der Waals surface area contributed by atoms with Gasteiger partial charge in [0.2, 0.25) is 0 Å². The van der Waals surface area contributed by atoms with Crippen molar-refractivity contribution in [2.45, 2.75) is 19.9 Å². The Morgan fingerprint density at radius 2 is 1.80 bits per heavy atom. The zero-order valence-electron chi connectivity index (χ0n) is 11.6. The highest BCUT2D eigenvalue weighted by molar-refractivity contribution is 14.1. The van der Waals surface area contributed by atoms with Crippen LogP contribution in [0.25, 0.3) is 0 Å². The van der Waals surface area contributed by atoms with Crippen LogP contribution in [0.5, 0.6) is 0 Å².